The molecular weight excluding hydrogens is 270 g/mol. The average molecular weight is 291 g/mol. The van der Waals surface area contributed by atoms with Crippen LogP contribution in [0.25, 0.3) is 0 Å². The van der Waals surface area contributed by atoms with Gasteiger partial charge in [-0.05, 0) is 24.2 Å². The van der Waals surface area contributed by atoms with Crippen molar-refractivity contribution in [1.29, 1.82) is 0 Å². The summed E-state index contributed by atoms with van der Waals surface area (Å²) < 4.78 is 0. The highest BCUT2D eigenvalue weighted by molar-refractivity contribution is 5.92. The molecule has 6 nitrogen and oxygen atoms in total. The van der Waals surface area contributed by atoms with E-state index in [2.05, 4.69) is 30.7 Å². The Morgan fingerprint density at radius 3 is 2.10 bits per heavy atom. The summed E-state index contributed by atoms with van der Waals surface area (Å²) in [5.74, 6) is -0.707. The third kappa shape index (κ3) is 3.56. The van der Waals surface area contributed by atoms with E-state index < -0.39 is 5.97 Å². The van der Waals surface area contributed by atoms with E-state index in [1.807, 2.05) is 0 Å². The Kier molecular flexibility index (Phi) is 4.25. The van der Waals surface area contributed by atoms with Gasteiger partial charge in [0.15, 0.2) is 5.69 Å². The van der Waals surface area contributed by atoms with Crippen molar-refractivity contribution >= 4 is 11.9 Å². The number of amides is 1. The first-order valence-corrected chi connectivity index (χ1v) is 7.13. The maximum Gasteiger partial charge on any atom is 0.356 e. The lowest BCUT2D eigenvalue weighted by atomic mass is 9.75. The Hall–Kier alpha value is -1.98. The summed E-state index contributed by atoms with van der Waals surface area (Å²) in [7, 11) is 0. The first-order valence-electron chi connectivity index (χ1n) is 7.13. The van der Waals surface area contributed by atoms with E-state index in [1.54, 1.807) is 4.90 Å². The molecule has 2 heterocycles. The molecule has 0 radical (unpaired) electrons. The van der Waals surface area contributed by atoms with Gasteiger partial charge in [-0.1, -0.05) is 20.8 Å². The number of likely N-dealkylation sites (tertiary alicyclic amines) is 1. The topological polar surface area (TPSA) is 83.4 Å². The van der Waals surface area contributed by atoms with E-state index in [0.717, 1.165) is 19.0 Å². The van der Waals surface area contributed by atoms with Crippen LogP contribution in [0.15, 0.2) is 12.4 Å². The second-order valence-corrected chi connectivity index (χ2v) is 6.52. The quantitative estimate of drug-likeness (QED) is 0.901. The molecule has 0 aliphatic carbocycles. The normalized spacial score (nSPS) is 16.8. The fraction of sp³-hybridized carbons (Fsp3) is 0.600. The van der Waals surface area contributed by atoms with E-state index in [9.17, 15) is 9.59 Å². The van der Waals surface area contributed by atoms with Crippen molar-refractivity contribution in [2.75, 3.05) is 13.1 Å². The summed E-state index contributed by atoms with van der Waals surface area (Å²) in [6.07, 6.45) is 4.32. The van der Waals surface area contributed by atoms with Gasteiger partial charge in [-0.3, -0.25) is 4.79 Å². The highest BCUT2D eigenvalue weighted by Crippen LogP contribution is 2.34. The van der Waals surface area contributed by atoms with Gasteiger partial charge in [-0.25, -0.2) is 14.8 Å². The van der Waals surface area contributed by atoms with Crippen LogP contribution in [0.5, 0.6) is 0 Å². The molecule has 6 heteroatoms. The van der Waals surface area contributed by atoms with Gasteiger partial charge in [0.05, 0.1) is 12.4 Å². The van der Waals surface area contributed by atoms with Crippen LogP contribution in [0.2, 0.25) is 0 Å². The van der Waals surface area contributed by atoms with Crippen LogP contribution in [0.3, 0.4) is 0 Å². The second kappa shape index (κ2) is 5.79. The fourth-order valence-electron chi connectivity index (χ4n) is 2.66. The summed E-state index contributed by atoms with van der Waals surface area (Å²) in [4.78, 5) is 32.4. The number of aromatic nitrogens is 2. The Morgan fingerprint density at radius 1 is 1.14 bits per heavy atom. The molecule has 1 saturated heterocycles. The third-order valence-corrected chi connectivity index (χ3v) is 4.10. The molecule has 21 heavy (non-hydrogen) atoms. The molecular formula is C15H21N3O3. The van der Waals surface area contributed by atoms with Crippen molar-refractivity contribution in [2.24, 2.45) is 11.3 Å². The van der Waals surface area contributed by atoms with E-state index in [0.29, 0.717) is 19.0 Å². The van der Waals surface area contributed by atoms with Crippen molar-refractivity contribution in [3.8, 4) is 0 Å². The lowest BCUT2D eigenvalue weighted by molar-refractivity contribution is 0.0600. The second-order valence-electron chi connectivity index (χ2n) is 6.52. The van der Waals surface area contributed by atoms with Crippen LogP contribution in [0, 0.1) is 11.3 Å². The molecule has 1 aliphatic rings. The van der Waals surface area contributed by atoms with Crippen LogP contribution < -0.4 is 0 Å². The van der Waals surface area contributed by atoms with Gasteiger partial charge in [-0.15, -0.1) is 0 Å². The Labute approximate surface area is 124 Å². The van der Waals surface area contributed by atoms with Gasteiger partial charge < -0.3 is 10.0 Å². The summed E-state index contributed by atoms with van der Waals surface area (Å²) in [6.45, 7) is 8.11. The van der Waals surface area contributed by atoms with Crippen molar-refractivity contribution in [2.45, 2.75) is 33.6 Å². The number of carbonyl (C=O) groups excluding carboxylic acids is 1. The lowest BCUT2D eigenvalue weighted by Gasteiger charge is -2.38. The molecule has 0 saturated carbocycles. The fourth-order valence-corrected chi connectivity index (χ4v) is 2.66. The minimum Gasteiger partial charge on any atom is -0.476 e. The molecule has 1 aromatic heterocycles. The predicted octanol–water partition coefficient (Wildman–Crippen LogP) is 2.07. The molecule has 1 aromatic rings. The molecule has 1 fully saturated rings. The Morgan fingerprint density at radius 2 is 1.67 bits per heavy atom. The molecule has 0 aromatic carbocycles. The molecule has 114 valence electrons. The van der Waals surface area contributed by atoms with Crippen molar-refractivity contribution in [3.63, 3.8) is 0 Å². The van der Waals surface area contributed by atoms with Gasteiger partial charge in [0.2, 0.25) is 0 Å². The zero-order valence-corrected chi connectivity index (χ0v) is 12.7. The van der Waals surface area contributed by atoms with Crippen LogP contribution in [-0.2, 0) is 0 Å². The molecule has 0 unspecified atom stereocenters. The lowest BCUT2D eigenvalue weighted by Crippen LogP contribution is -2.41. The summed E-state index contributed by atoms with van der Waals surface area (Å²) in [5, 5.41) is 8.77. The molecule has 1 amide bonds. The van der Waals surface area contributed by atoms with Crippen LogP contribution in [-0.4, -0.2) is 44.9 Å². The predicted molar refractivity (Wildman–Crippen MR) is 77.1 cm³/mol. The zero-order chi connectivity index (χ0) is 15.6. The van der Waals surface area contributed by atoms with Crippen LogP contribution in [0.4, 0.5) is 0 Å². The van der Waals surface area contributed by atoms with E-state index >= 15 is 0 Å². The maximum atomic E-state index is 12.3. The minimum atomic E-state index is -1.15. The number of aromatic carboxylic acids is 1. The van der Waals surface area contributed by atoms with Gasteiger partial charge in [0.1, 0.15) is 5.69 Å². The minimum absolute atomic E-state index is 0.155. The largest absolute Gasteiger partial charge is 0.476 e. The number of piperidine rings is 1. The Balaban J connectivity index is 2.00. The zero-order valence-electron chi connectivity index (χ0n) is 12.7. The highest BCUT2D eigenvalue weighted by Gasteiger charge is 2.31. The first kappa shape index (κ1) is 15.4. The molecule has 0 atom stereocenters. The summed E-state index contributed by atoms with van der Waals surface area (Å²) in [5.41, 5.74) is 0.310. The van der Waals surface area contributed by atoms with Gasteiger partial charge in [0, 0.05) is 13.1 Å². The van der Waals surface area contributed by atoms with E-state index in [-0.39, 0.29) is 22.7 Å². The molecule has 1 N–H and O–H groups in total. The number of carbonyl (C=O) groups is 2. The number of carboxylic acid groups (broad SMARTS) is 1. The standard InChI is InChI=1S/C15H21N3O3/c1-15(2,3)10-4-6-18(7-5-10)13(19)11-8-17-12(9-16-11)14(20)21/h8-10H,4-7H2,1-3H3,(H,20,21). The Bertz CT molecular complexity index is 526. The molecule has 1 aliphatic heterocycles. The van der Waals surface area contributed by atoms with Gasteiger partial charge in [0.25, 0.3) is 5.91 Å². The highest BCUT2D eigenvalue weighted by atomic mass is 16.4. The maximum absolute atomic E-state index is 12.3. The number of nitrogens with zero attached hydrogens (tertiary/aromatic N) is 3. The summed E-state index contributed by atoms with van der Waals surface area (Å²) >= 11 is 0. The SMILES string of the molecule is CC(C)(C)C1CCN(C(=O)c2cnc(C(=O)O)cn2)CC1. The van der Waals surface area contributed by atoms with E-state index in [4.69, 9.17) is 5.11 Å². The van der Waals surface area contributed by atoms with Gasteiger partial charge >= 0.3 is 5.97 Å². The molecule has 2 rings (SSSR count). The molecule has 0 bridgehead atoms. The van der Waals surface area contributed by atoms with E-state index in [1.165, 1.54) is 6.20 Å². The number of carboxylic acids is 1. The summed E-state index contributed by atoms with van der Waals surface area (Å²) in [6, 6.07) is 0. The monoisotopic (exact) mass is 291 g/mol. The number of hydrogen-bond acceptors (Lipinski definition) is 4. The van der Waals surface area contributed by atoms with Crippen molar-refractivity contribution in [1.82, 2.24) is 14.9 Å². The van der Waals surface area contributed by atoms with Crippen LogP contribution >= 0.6 is 0 Å². The average Bonchev–Trinajstić information content (AvgIpc) is 2.46. The van der Waals surface area contributed by atoms with Crippen LogP contribution in [0.1, 0.15) is 54.6 Å². The van der Waals surface area contributed by atoms with Crippen molar-refractivity contribution in [3.05, 3.63) is 23.8 Å². The first-order chi connectivity index (χ1) is 9.79. The van der Waals surface area contributed by atoms with Crippen molar-refractivity contribution < 1.29 is 14.7 Å². The number of hydrogen-bond donors (Lipinski definition) is 1. The molecule has 0 spiro atoms. The number of rotatable bonds is 2. The smallest absolute Gasteiger partial charge is 0.356 e. The third-order valence-electron chi connectivity index (χ3n) is 4.10. The van der Waals surface area contributed by atoms with Gasteiger partial charge in [-0.2, -0.15) is 0 Å².